The summed E-state index contributed by atoms with van der Waals surface area (Å²) in [6.07, 6.45) is 4.28. The van der Waals surface area contributed by atoms with E-state index in [9.17, 15) is 4.79 Å². The Labute approximate surface area is 156 Å². The molecule has 0 aliphatic carbocycles. The summed E-state index contributed by atoms with van der Waals surface area (Å²) in [5, 5.41) is 0. The number of rotatable bonds is 4. The number of benzene rings is 2. The average molecular weight is 349 g/mol. The number of fused-ring (bicyclic) bond motifs is 2. The van der Waals surface area contributed by atoms with E-state index in [-0.39, 0.29) is 17.8 Å². The predicted octanol–water partition coefficient (Wildman–Crippen LogP) is 4.02. The van der Waals surface area contributed by atoms with Crippen LogP contribution in [0.2, 0.25) is 0 Å². The normalized spacial score (nSPS) is 28.1. The zero-order chi connectivity index (χ0) is 18.1. The summed E-state index contributed by atoms with van der Waals surface area (Å²) in [5.41, 5.74) is 3.91. The molecule has 2 bridgehead atoms. The van der Waals surface area contributed by atoms with Gasteiger partial charge >= 0.3 is 5.97 Å². The quantitative estimate of drug-likeness (QED) is 0.781. The SMILES string of the molecule is COC(=O)C1C2CC[C@H](C[C@@H]1c1ccc(Cc3ccccc3)cc1)N2C. The van der Waals surface area contributed by atoms with Crippen LogP contribution in [-0.4, -0.2) is 37.1 Å². The van der Waals surface area contributed by atoms with E-state index >= 15 is 0 Å². The second-order valence-corrected chi connectivity index (χ2v) is 7.76. The third kappa shape index (κ3) is 3.16. The highest BCUT2D eigenvalue weighted by molar-refractivity contribution is 5.75. The van der Waals surface area contributed by atoms with Gasteiger partial charge in [-0.3, -0.25) is 9.69 Å². The van der Waals surface area contributed by atoms with Crippen LogP contribution in [0.25, 0.3) is 0 Å². The number of hydrogen-bond donors (Lipinski definition) is 0. The summed E-state index contributed by atoms with van der Waals surface area (Å²) in [7, 11) is 3.68. The molecule has 0 spiro atoms. The number of nitrogens with zero attached hydrogens (tertiary/aromatic N) is 1. The first-order valence-corrected chi connectivity index (χ1v) is 9.60. The van der Waals surface area contributed by atoms with E-state index in [0.29, 0.717) is 12.1 Å². The summed E-state index contributed by atoms with van der Waals surface area (Å²) in [5.74, 6) is 0.159. The molecule has 26 heavy (non-hydrogen) atoms. The molecule has 4 rings (SSSR count). The summed E-state index contributed by atoms with van der Waals surface area (Å²) in [6, 6.07) is 20.3. The van der Waals surface area contributed by atoms with Crippen molar-refractivity contribution < 1.29 is 9.53 Å². The van der Waals surface area contributed by atoms with Crippen molar-refractivity contribution in [3.63, 3.8) is 0 Å². The summed E-state index contributed by atoms with van der Waals surface area (Å²) < 4.78 is 5.18. The maximum atomic E-state index is 12.5. The van der Waals surface area contributed by atoms with Gasteiger partial charge in [0.15, 0.2) is 0 Å². The van der Waals surface area contributed by atoms with Crippen LogP contribution < -0.4 is 0 Å². The molecule has 0 saturated carbocycles. The maximum absolute atomic E-state index is 12.5. The molecule has 2 aliphatic heterocycles. The van der Waals surface area contributed by atoms with Crippen molar-refractivity contribution in [3.05, 3.63) is 71.3 Å². The molecule has 4 atom stereocenters. The minimum Gasteiger partial charge on any atom is -0.469 e. The van der Waals surface area contributed by atoms with Crippen LogP contribution in [0.5, 0.6) is 0 Å². The van der Waals surface area contributed by atoms with Gasteiger partial charge in [0, 0.05) is 18.0 Å². The number of piperidine rings is 1. The molecular formula is C23H27NO2. The van der Waals surface area contributed by atoms with Gasteiger partial charge < -0.3 is 4.74 Å². The van der Waals surface area contributed by atoms with Gasteiger partial charge in [-0.2, -0.15) is 0 Å². The van der Waals surface area contributed by atoms with Crippen molar-refractivity contribution >= 4 is 5.97 Å². The summed E-state index contributed by atoms with van der Waals surface area (Å²) >= 11 is 0. The fourth-order valence-corrected chi connectivity index (χ4v) is 4.98. The minimum atomic E-state index is -0.0550. The van der Waals surface area contributed by atoms with Crippen LogP contribution in [0.4, 0.5) is 0 Å². The maximum Gasteiger partial charge on any atom is 0.310 e. The standard InChI is InChI=1S/C23H27NO2/c1-24-19-12-13-21(24)22(23(25)26-2)20(15-19)18-10-8-17(9-11-18)14-16-6-4-3-5-7-16/h3-11,19-22H,12-15H2,1-2H3/t19-,20-,21?,22?/m1/s1. The van der Waals surface area contributed by atoms with Crippen LogP contribution >= 0.6 is 0 Å². The van der Waals surface area contributed by atoms with Gasteiger partial charge in [-0.15, -0.1) is 0 Å². The zero-order valence-electron chi connectivity index (χ0n) is 15.6. The largest absolute Gasteiger partial charge is 0.469 e. The molecule has 2 aromatic carbocycles. The average Bonchev–Trinajstić information content (AvgIpc) is 2.91. The number of carbonyl (C=O) groups is 1. The minimum absolute atomic E-state index is 0.0521. The Balaban J connectivity index is 1.56. The number of hydrogen-bond acceptors (Lipinski definition) is 3. The van der Waals surface area contributed by atoms with Gasteiger partial charge in [-0.1, -0.05) is 54.6 Å². The summed E-state index contributed by atoms with van der Waals surface area (Å²) in [6.45, 7) is 0. The topological polar surface area (TPSA) is 29.5 Å². The van der Waals surface area contributed by atoms with Crippen LogP contribution in [0.3, 0.4) is 0 Å². The van der Waals surface area contributed by atoms with E-state index in [1.807, 2.05) is 6.07 Å². The van der Waals surface area contributed by atoms with Crippen molar-refractivity contribution in [2.24, 2.45) is 5.92 Å². The van der Waals surface area contributed by atoms with Crippen LogP contribution in [0, 0.1) is 5.92 Å². The van der Waals surface area contributed by atoms with Crippen molar-refractivity contribution in [1.82, 2.24) is 4.90 Å². The first-order chi connectivity index (χ1) is 12.7. The highest BCUT2D eigenvalue weighted by Crippen LogP contribution is 2.46. The number of ether oxygens (including phenoxy) is 1. The van der Waals surface area contributed by atoms with Crippen LogP contribution in [0.1, 0.15) is 41.9 Å². The van der Waals surface area contributed by atoms with Crippen LogP contribution in [0.15, 0.2) is 54.6 Å². The predicted molar refractivity (Wildman–Crippen MR) is 103 cm³/mol. The fraction of sp³-hybridized carbons (Fsp3) is 0.435. The second kappa shape index (κ2) is 7.24. The molecule has 136 valence electrons. The van der Waals surface area contributed by atoms with Crippen molar-refractivity contribution in [1.29, 1.82) is 0 Å². The highest BCUT2D eigenvalue weighted by atomic mass is 16.5. The Hall–Kier alpha value is -2.13. The Morgan fingerprint density at radius 2 is 1.73 bits per heavy atom. The lowest BCUT2D eigenvalue weighted by Crippen LogP contribution is -2.49. The second-order valence-electron chi connectivity index (χ2n) is 7.76. The molecule has 0 radical (unpaired) electrons. The molecule has 2 aliphatic rings. The molecule has 2 aromatic rings. The van der Waals surface area contributed by atoms with Crippen molar-refractivity contribution in [3.8, 4) is 0 Å². The van der Waals surface area contributed by atoms with Gasteiger partial charge in [0.2, 0.25) is 0 Å². The van der Waals surface area contributed by atoms with Crippen molar-refractivity contribution in [2.75, 3.05) is 14.2 Å². The lowest BCUT2D eigenvalue weighted by molar-refractivity contribution is -0.150. The van der Waals surface area contributed by atoms with E-state index in [1.165, 1.54) is 30.2 Å². The molecular weight excluding hydrogens is 322 g/mol. The van der Waals surface area contributed by atoms with Gasteiger partial charge in [-0.05, 0) is 49.4 Å². The van der Waals surface area contributed by atoms with Gasteiger partial charge in [0.1, 0.15) is 0 Å². The molecule has 2 saturated heterocycles. The third-order valence-corrected chi connectivity index (χ3v) is 6.40. The van der Waals surface area contributed by atoms with Gasteiger partial charge in [-0.25, -0.2) is 0 Å². The molecule has 2 fully saturated rings. The van der Waals surface area contributed by atoms with Crippen LogP contribution in [-0.2, 0) is 16.0 Å². The Morgan fingerprint density at radius 1 is 1.04 bits per heavy atom. The fourth-order valence-electron chi connectivity index (χ4n) is 4.98. The number of carbonyl (C=O) groups excluding carboxylic acids is 1. The van der Waals surface area contributed by atoms with Gasteiger partial charge in [0.05, 0.1) is 13.0 Å². The van der Waals surface area contributed by atoms with E-state index in [1.54, 1.807) is 0 Å². The zero-order valence-corrected chi connectivity index (χ0v) is 15.6. The third-order valence-electron chi connectivity index (χ3n) is 6.40. The molecule has 0 N–H and O–H groups in total. The first-order valence-electron chi connectivity index (χ1n) is 9.60. The lowest BCUT2D eigenvalue weighted by atomic mass is 9.76. The van der Waals surface area contributed by atoms with E-state index in [0.717, 1.165) is 19.3 Å². The van der Waals surface area contributed by atoms with E-state index in [2.05, 4.69) is 60.5 Å². The molecule has 3 nitrogen and oxygen atoms in total. The van der Waals surface area contributed by atoms with E-state index in [4.69, 9.17) is 4.74 Å². The number of esters is 1. The number of methoxy groups -OCH3 is 1. The first kappa shape index (κ1) is 17.3. The monoisotopic (exact) mass is 349 g/mol. The Bertz CT molecular complexity index is 756. The van der Waals surface area contributed by atoms with Gasteiger partial charge in [0.25, 0.3) is 0 Å². The molecule has 0 aromatic heterocycles. The highest BCUT2D eigenvalue weighted by Gasteiger charge is 2.49. The lowest BCUT2D eigenvalue weighted by Gasteiger charge is -2.41. The molecule has 0 amide bonds. The van der Waals surface area contributed by atoms with Crippen molar-refractivity contribution in [2.45, 2.75) is 43.7 Å². The molecule has 2 unspecified atom stereocenters. The summed E-state index contributed by atoms with van der Waals surface area (Å²) in [4.78, 5) is 14.9. The molecule has 3 heteroatoms. The Kier molecular flexibility index (Phi) is 4.82. The molecule has 2 heterocycles. The van der Waals surface area contributed by atoms with E-state index < -0.39 is 0 Å². The Morgan fingerprint density at radius 3 is 2.42 bits per heavy atom. The smallest absolute Gasteiger partial charge is 0.310 e.